The predicted molar refractivity (Wildman–Crippen MR) is 70.6 cm³/mol. The van der Waals surface area contributed by atoms with Gasteiger partial charge >= 0.3 is 0 Å². The number of hydrogen-bond acceptors (Lipinski definition) is 2. The highest BCUT2D eigenvalue weighted by atomic mass is 79.9. The van der Waals surface area contributed by atoms with Crippen molar-refractivity contribution in [1.82, 2.24) is 0 Å². The quantitative estimate of drug-likeness (QED) is 0.731. The van der Waals surface area contributed by atoms with Gasteiger partial charge < -0.3 is 9.47 Å². The van der Waals surface area contributed by atoms with Crippen LogP contribution in [0.5, 0.6) is 11.5 Å². The number of para-hydroxylation sites is 1. The minimum atomic E-state index is 0.221. The number of benzene rings is 1. The predicted octanol–water partition coefficient (Wildman–Crippen LogP) is 4.16. The van der Waals surface area contributed by atoms with Crippen LogP contribution in [0.15, 0.2) is 18.2 Å². The summed E-state index contributed by atoms with van der Waals surface area (Å²) in [6.45, 7) is 4.25. The van der Waals surface area contributed by atoms with Crippen molar-refractivity contribution in [2.45, 2.75) is 38.1 Å². The summed E-state index contributed by atoms with van der Waals surface area (Å²) in [5, 5.41) is 0.776. The van der Waals surface area contributed by atoms with Crippen molar-refractivity contribution in [3.05, 3.63) is 23.8 Å². The Morgan fingerprint density at radius 2 is 2.12 bits per heavy atom. The van der Waals surface area contributed by atoms with Gasteiger partial charge in [-0.15, -0.1) is 0 Å². The van der Waals surface area contributed by atoms with Crippen LogP contribution in [0.2, 0.25) is 0 Å². The van der Waals surface area contributed by atoms with Gasteiger partial charge in [0.1, 0.15) is 0 Å². The Hall–Kier alpha value is -0.700. The van der Waals surface area contributed by atoms with Crippen molar-refractivity contribution in [1.29, 1.82) is 0 Å². The zero-order valence-electron chi connectivity index (χ0n) is 10.1. The van der Waals surface area contributed by atoms with E-state index in [4.69, 9.17) is 9.47 Å². The van der Waals surface area contributed by atoms with Crippen molar-refractivity contribution in [2.24, 2.45) is 0 Å². The molecule has 1 rings (SSSR count). The number of alkyl halides is 1. The number of halogens is 1. The molecule has 0 spiro atoms. The summed E-state index contributed by atoms with van der Waals surface area (Å²) in [5.74, 6) is 1.67. The standard InChI is InChI=1S/C13H19BrO2/c1-4-6-10(2)16-13-11(9-14)7-5-8-12(13)15-3/h5,7-8,10H,4,6,9H2,1-3H3. The highest BCUT2D eigenvalue weighted by Crippen LogP contribution is 2.33. The van der Waals surface area contributed by atoms with Gasteiger partial charge in [0.25, 0.3) is 0 Å². The molecule has 0 aliphatic heterocycles. The van der Waals surface area contributed by atoms with Gasteiger partial charge in [-0.2, -0.15) is 0 Å². The fourth-order valence-electron chi connectivity index (χ4n) is 1.63. The maximum atomic E-state index is 5.94. The van der Waals surface area contributed by atoms with Crippen molar-refractivity contribution in [3.63, 3.8) is 0 Å². The van der Waals surface area contributed by atoms with Gasteiger partial charge in [-0.1, -0.05) is 41.4 Å². The van der Waals surface area contributed by atoms with E-state index in [1.54, 1.807) is 7.11 Å². The van der Waals surface area contributed by atoms with Gasteiger partial charge in [-0.25, -0.2) is 0 Å². The summed E-state index contributed by atoms with van der Waals surface area (Å²) >= 11 is 3.47. The normalized spacial score (nSPS) is 12.2. The van der Waals surface area contributed by atoms with Gasteiger partial charge in [0.15, 0.2) is 11.5 Å². The first-order valence-electron chi connectivity index (χ1n) is 5.61. The van der Waals surface area contributed by atoms with Crippen LogP contribution < -0.4 is 9.47 Å². The Kier molecular flexibility index (Phi) is 5.67. The molecule has 0 fully saturated rings. The number of rotatable bonds is 6. The third-order valence-corrected chi connectivity index (χ3v) is 3.04. The minimum Gasteiger partial charge on any atom is -0.493 e. The van der Waals surface area contributed by atoms with Crippen LogP contribution in [0.4, 0.5) is 0 Å². The molecule has 90 valence electrons. The first-order chi connectivity index (χ1) is 7.72. The van der Waals surface area contributed by atoms with Crippen LogP contribution >= 0.6 is 15.9 Å². The molecule has 0 saturated carbocycles. The summed E-state index contributed by atoms with van der Waals surface area (Å²) < 4.78 is 11.3. The third kappa shape index (κ3) is 3.41. The van der Waals surface area contributed by atoms with E-state index >= 15 is 0 Å². The van der Waals surface area contributed by atoms with E-state index < -0.39 is 0 Å². The Labute approximate surface area is 106 Å². The second-order valence-electron chi connectivity index (χ2n) is 3.80. The molecule has 1 unspecified atom stereocenters. The van der Waals surface area contributed by atoms with Gasteiger partial charge in [0, 0.05) is 10.9 Å². The Balaban J connectivity index is 2.90. The summed E-state index contributed by atoms with van der Waals surface area (Å²) in [4.78, 5) is 0. The summed E-state index contributed by atoms with van der Waals surface area (Å²) in [6, 6.07) is 5.96. The summed E-state index contributed by atoms with van der Waals surface area (Å²) in [6.07, 6.45) is 2.40. The van der Waals surface area contributed by atoms with E-state index in [0.29, 0.717) is 0 Å². The van der Waals surface area contributed by atoms with E-state index in [0.717, 1.165) is 35.2 Å². The van der Waals surface area contributed by atoms with Crippen LogP contribution in [-0.2, 0) is 5.33 Å². The molecule has 16 heavy (non-hydrogen) atoms. The molecule has 2 nitrogen and oxygen atoms in total. The molecular weight excluding hydrogens is 268 g/mol. The summed E-state index contributed by atoms with van der Waals surface area (Å²) in [7, 11) is 1.67. The van der Waals surface area contributed by atoms with Gasteiger partial charge in [0.2, 0.25) is 0 Å². The van der Waals surface area contributed by atoms with E-state index in [1.165, 1.54) is 0 Å². The molecule has 1 atom stereocenters. The second kappa shape index (κ2) is 6.79. The van der Waals surface area contributed by atoms with E-state index in [2.05, 4.69) is 29.8 Å². The van der Waals surface area contributed by atoms with E-state index in [-0.39, 0.29) is 6.10 Å². The van der Waals surface area contributed by atoms with Gasteiger partial charge in [0.05, 0.1) is 13.2 Å². The highest BCUT2D eigenvalue weighted by Gasteiger charge is 2.12. The third-order valence-electron chi connectivity index (χ3n) is 2.44. The van der Waals surface area contributed by atoms with Crippen molar-refractivity contribution in [3.8, 4) is 11.5 Å². The van der Waals surface area contributed by atoms with Crippen LogP contribution in [0.25, 0.3) is 0 Å². The SMILES string of the molecule is CCCC(C)Oc1c(CBr)cccc1OC. The molecule has 0 aromatic heterocycles. The largest absolute Gasteiger partial charge is 0.493 e. The van der Waals surface area contributed by atoms with Crippen LogP contribution in [0, 0.1) is 0 Å². The fraction of sp³-hybridized carbons (Fsp3) is 0.538. The van der Waals surface area contributed by atoms with Crippen LogP contribution in [0.1, 0.15) is 32.3 Å². The van der Waals surface area contributed by atoms with Crippen molar-refractivity contribution in [2.75, 3.05) is 7.11 Å². The van der Waals surface area contributed by atoms with Crippen molar-refractivity contribution < 1.29 is 9.47 Å². The lowest BCUT2D eigenvalue weighted by molar-refractivity contribution is 0.199. The molecule has 0 N–H and O–H groups in total. The number of ether oxygens (including phenoxy) is 2. The fourth-order valence-corrected chi connectivity index (χ4v) is 2.07. The molecule has 0 radical (unpaired) electrons. The lowest BCUT2D eigenvalue weighted by Crippen LogP contribution is -2.12. The molecule has 0 bridgehead atoms. The molecule has 1 aromatic carbocycles. The first kappa shape index (κ1) is 13.4. The zero-order chi connectivity index (χ0) is 12.0. The number of methoxy groups -OCH3 is 1. The molecule has 0 heterocycles. The lowest BCUT2D eigenvalue weighted by Gasteiger charge is -2.18. The molecule has 1 aromatic rings. The minimum absolute atomic E-state index is 0.221. The molecule has 0 amide bonds. The topological polar surface area (TPSA) is 18.5 Å². The Bertz CT molecular complexity index is 303. The average Bonchev–Trinajstić information content (AvgIpc) is 2.29. The smallest absolute Gasteiger partial charge is 0.165 e. The van der Waals surface area contributed by atoms with Crippen LogP contribution in [0.3, 0.4) is 0 Å². The molecule has 0 aliphatic rings. The Morgan fingerprint density at radius 1 is 1.38 bits per heavy atom. The maximum absolute atomic E-state index is 5.94. The molecule has 0 aliphatic carbocycles. The van der Waals surface area contributed by atoms with Gasteiger partial charge in [-0.3, -0.25) is 0 Å². The molecular formula is C13H19BrO2. The average molecular weight is 287 g/mol. The summed E-state index contributed by atoms with van der Waals surface area (Å²) in [5.41, 5.74) is 1.13. The second-order valence-corrected chi connectivity index (χ2v) is 4.36. The zero-order valence-corrected chi connectivity index (χ0v) is 11.7. The van der Waals surface area contributed by atoms with Gasteiger partial charge in [-0.05, 0) is 19.4 Å². The maximum Gasteiger partial charge on any atom is 0.165 e. The first-order valence-corrected chi connectivity index (χ1v) is 6.73. The lowest BCUT2D eigenvalue weighted by atomic mass is 10.2. The number of hydrogen-bond donors (Lipinski definition) is 0. The van der Waals surface area contributed by atoms with Crippen molar-refractivity contribution >= 4 is 15.9 Å². The molecule has 0 saturated heterocycles. The van der Waals surface area contributed by atoms with E-state index in [1.807, 2.05) is 18.2 Å². The monoisotopic (exact) mass is 286 g/mol. The highest BCUT2D eigenvalue weighted by molar-refractivity contribution is 9.08. The van der Waals surface area contributed by atoms with Crippen LogP contribution in [-0.4, -0.2) is 13.2 Å². The Morgan fingerprint density at radius 3 is 2.69 bits per heavy atom. The molecule has 3 heteroatoms. The van der Waals surface area contributed by atoms with E-state index in [9.17, 15) is 0 Å².